The van der Waals surface area contributed by atoms with E-state index < -0.39 is 17.9 Å². The third-order valence-corrected chi connectivity index (χ3v) is 2.69. The molecular formula is C7H9F4IO2. The van der Waals surface area contributed by atoms with Crippen LogP contribution in [0.3, 0.4) is 0 Å². The van der Waals surface area contributed by atoms with Crippen molar-refractivity contribution in [2.24, 2.45) is 0 Å². The summed E-state index contributed by atoms with van der Waals surface area (Å²) in [5, 5.41) is 0. The van der Waals surface area contributed by atoms with E-state index in [-0.39, 0.29) is 26.1 Å². The molecule has 0 aromatic rings. The summed E-state index contributed by atoms with van der Waals surface area (Å²) in [4.78, 5) is 0. The second kappa shape index (κ2) is 4.48. The Balaban J connectivity index is 2.76. The molecule has 1 atom stereocenters. The van der Waals surface area contributed by atoms with Crippen LogP contribution in [0.25, 0.3) is 0 Å². The quantitative estimate of drug-likeness (QED) is 0.573. The van der Waals surface area contributed by atoms with E-state index in [1.807, 2.05) is 0 Å². The summed E-state index contributed by atoms with van der Waals surface area (Å²) < 4.78 is 59.8. The van der Waals surface area contributed by atoms with Crippen LogP contribution in [0.2, 0.25) is 0 Å². The number of hydrogen-bond acceptors (Lipinski definition) is 2. The van der Waals surface area contributed by atoms with Crippen molar-refractivity contribution in [1.82, 2.24) is 0 Å². The van der Waals surface area contributed by atoms with Crippen LogP contribution in [-0.4, -0.2) is 31.2 Å². The van der Waals surface area contributed by atoms with Crippen LogP contribution in [0.5, 0.6) is 0 Å². The molecule has 0 saturated carbocycles. The van der Waals surface area contributed by atoms with E-state index in [1.54, 1.807) is 0 Å². The van der Waals surface area contributed by atoms with E-state index in [0.717, 1.165) is 23.0 Å². The van der Waals surface area contributed by atoms with Gasteiger partial charge in [-0.25, -0.2) is 4.39 Å². The van der Waals surface area contributed by atoms with Crippen LogP contribution < -0.4 is 0 Å². The van der Waals surface area contributed by atoms with Crippen LogP contribution in [0.4, 0.5) is 17.6 Å². The summed E-state index contributed by atoms with van der Waals surface area (Å²) in [5.41, 5.74) is -2.35. The van der Waals surface area contributed by atoms with Gasteiger partial charge in [0, 0.05) is 26.1 Å². The van der Waals surface area contributed by atoms with Crippen LogP contribution in [0, 0.1) is 0 Å². The minimum Gasteiger partial charge on any atom is -0.381 e. The first-order chi connectivity index (χ1) is 6.40. The standard InChI is InChI=1S/C7H9F4IO2/c8-6(1-3-13-4-2-6)5(14-12)7(9,10)11/h5H,1-4H2. The Morgan fingerprint density at radius 1 is 1.29 bits per heavy atom. The van der Waals surface area contributed by atoms with Crippen molar-refractivity contribution in [3.8, 4) is 0 Å². The van der Waals surface area contributed by atoms with Gasteiger partial charge in [0.2, 0.25) is 0 Å². The highest BCUT2D eigenvalue weighted by atomic mass is 127. The van der Waals surface area contributed by atoms with Crippen molar-refractivity contribution in [2.75, 3.05) is 13.2 Å². The van der Waals surface area contributed by atoms with Gasteiger partial charge in [0.15, 0.2) is 11.8 Å². The highest BCUT2D eigenvalue weighted by Crippen LogP contribution is 2.40. The molecule has 1 heterocycles. The lowest BCUT2D eigenvalue weighted by Gasteiger charge is -2.35. The Labute approximate surface area is 92.6 Å². The molecule has 0 N–H and O–H groups in total. The van der Waals surface area contributed by atoms with Crippen molar-refractivity contribution in [3.05, 3.63) is 0 Å². The lowest BCUT2D eigenvalue weighted by molar-refractivity contribution is -0.233. The van der Waals surface area contributed by atoms with Gasteiger partial charge >= 0.3 is 6.18 Å². The maximum Gasteiger partial charge on any atom is 0.418 e. The monoisotopic (exact) mass is 328 g/mol. The Kier molecular flexibility index (Phi) is 3.98. The van der Waals surface area contributed by atoms with E-state index in [2.05, 4.69) is 3.07 Å². The lowest BCUT2D eigenvalue weighted by atomic mass is 9.90. The first kappa shape index (κ1) is 12.4. The van der Waals surface area contributed by atoms with Gasteiger partial charge in [-0.3, -0.25) is 3.07 Å². The molecule has 1 fully saturated rings. The molecule has 14 heavy (non-hydrogen) atoms. The minimum atomic E-state index is -4.67. The molecule has 1 saturated heterocycles. The second-order valence-corrected chi connectivity index (χ2v) is 3.67. The van der Waals surface area contributed by atoms with Crippen molar-refractivity contribution >= 4 is 23.0 Å². The summed E-state index contributed by atoms with van der Waals surface area (Å²) >= 11 is 1.09. The van der Waals surface area contributed by atoms with E-state index in [9.17, 15) is 17.6 Å². The summed E-state index contributed by atoms with van der Waals surface area (Å²) in [7, 11) is 0. The Hall–Kier alpha value is 0.370. The van der Waals surface area contributed by atoms with Crippen molar-refractivity contribution in [3.63, 3.8) is 0 Å². The molecule has 7 heteroatoms. The normalized spacial score (nSPS) is 24.6. The zero-order valence-electron chi connectivity index (χ0n) is 7.11. The second-order valence-electron chi connectivity index (χ2n) is 3.16. The van der Waals surface area contributed by atoms with Gasteiger partial charge in [0.1, 0.15) is 23.0 Å². The molecule has 1 rings (SSSR count). The van der Waals surface area contributed by atoms with Gasteiger partial charge in [-0.05, 0) is 0 Å². The van der Waals surface area contributed by atoms with Gasteiger partial charge < -0.3 is 4.74 Å². The number of rotatable bonds is 2. The molecule has 1 aliphatic heterocycles. The number of ether oxygens (including phenoxy) is 1. The fourth-order valence-corrected chi connectivity index (χ4v) is 2.14. The van der Waals surface area contributed by atoms with Crippen LogP contribution in [0.1, 0.15) is 12.8 Å². The molecule has 0 aromatic carbocycles. The smallest absolute Gasteiger partial charge is 0.381 e. The average molecular weight is 328 g/mol. The molecule has 0 aromatic heterocycles. The summed E-state index contributed by atoms with van der Waals surface area (Å²) in [6, 6.07) is 0. The van der Waals surface area contributed by atoms with Crippen LogP contribution in [-0.2, 0) is 7.80 Å². The molecule has 0 aliphatic carbocycles. The maximum atomic E-state index is 13.8. The molecule has 1 unspecified atom stereocenters. The number of halogens is 5. The predicted molar refractivity (Wildman–Crippen MR) is 48.8 cm³/mol. The van der Waals surface area contributed by atoms with Gasteiger partial charge in [0.05, 0.1) is 0 Å². The molecule has 2 nitrogen and oxygen atoms in total. The molecule has 0 spiro atoms. The third-order valence-electron chi connectivity index (χ3n) is 2.18. The molecule has 1 aliphatic rings. The average Bonchev–Trinajstić information content (AvgIpc) is 2.03. The molecule has 0 amide bonds. The number of alkyl halides is 4. The lowest BCUT2D eigenvalue weighted by Crippen LogP contribution is -2.51. The van der Waals surface area contributed by atoms with Gasteiger partial charge in [-0.2, -0.15) is 13.2 Å². The summed E-state index contributed by atoms with van der Waals surface area (Å²) in [5.74, 6) is 0. The van der Waals surface area contributed by atoms with Crippen molar-refractivity contribution in [1.29, 1.82) is 0 Å². The van der Waals surface area contributed by atoms with Crippen molar-refractivity contribution in [2.45, 2.75) is 30.8 Å². The van der Waals surface area contributed by atoms with Gasteiger partial charge in [-0.15, -0.1) is 0 Å². The fraction of sp³-hybridized carbons (Fsp3) is 1.00. The first-order valence-electron chi connectivity index (χ1n) is 4.01. The molecular weight excluding hydrogens is 319 g/mol. The molecule has 0 radical (unpaired) electrons. The summed E-state index contributed by atoms with van der Waals surface area (Å²) in [6.45, 7) is 0.00611. The van der Waals surface area contributed by atoms with E-state index in [4.69, 9.17) is 4.74 Å². The van der Waals surface area contributed by atoms with Crippen LogP contribution in [0.15, 0.2) is 0 Å². The Morgan fingerprint density at radius 3 is 2.14 bits per heavy atom. The SMILES string of the molecule is FC(F)(F)C(OI)C1(F)CCOCC1. The third kappa shape index (κ3) is 2.69. The Morgan fingerprint density at radius 2 is 1.79 bits per heavy atom. The minimum absolute atomic E-state index is 0.00306. The highest BCUT2D eigenvalue weighted by molar-refractivity contribution is 14.1. The Bertz CT molecular complexity index is 191. The largest absolute Gasteiger partial charge is 0.418 e. The van der Waals surface area contributed by atoms with Crippen LogP contribution >= 0.6 is 23.0 Å². The zero-order chi connectivity index (χ0) is 10.8. The zero-order valence-corrected chi connectivity index (χ0v) is 9.27. The first-order valence-corrected chi connectivity index (χ1v) is 4.89. The van der Waals surface area contributed by atoms with Crippen molar-refractivity contribution < 1.29 is 25.4 Å². The predicted octanol–water partition coefficient (Wildman–Crippen LogP) is 2.80. The highest BCUT2D eigenvalue weighted by Gasteiger charge is 2.56. The fourth-order valence-electron chi connectivity index (χ4n) is 1.40. The van der Waals surface area contributed by atoms with Gasteiger partial charge in [0.25, 0.3) is 0 Å². The van der Waals surface area contributed by atoms with E-state index in [1.165, 1.54) is 0 Å². The van der Waals surface area contributed by atoms with E-state index >= 15 is 0 Å². The molecule has 84 valence electrons. The van der Waals surface area contributed by atoms with Gasteiger partial charge in [-0.1, -0.05) is 0 Å². The topological polar surface area (TPSA) is 18.5 Å². The molecule has 0 bridgehead atoms. The summed E-state index contributed by atoms with van der Waals surface area (Å²) in [6.07, 6.45) is -7.59. The van der Waals surface area contributed by atoms with E-state index in [0.29, 0.717) is 0 Å². The maximum absolute atomic E-state index is 13.8. The number of hydrogen-bond donors (Lipinski definition) is 0.